The van der Waals surface area contributed by atoms with E-state index in [0.717, 1.165) is 25.6 Å². The van der Waals surface area contributed by atoms with E-state index in [1.807, 2.05) is 11.8 Å². The SMILES string of the molecule is CCN(CC)CC=C(c1ccccc1)c1ccc(SCCC(C)C)cc1. The van der Waals surface area contributed by atoms with E-state index < -0.39 is 0 Å². The molecular formula is C24H33NS. The van der Waals surface area contributed by atoms with Crippen LogP contribution < -0.4 is 0 Å². The van der Waals surface area contributed by atoms with Crippen LogP contribution in [-0.4, -0.2) is 30.3 Å². The average Bonchev–Trinajstić information content (AvgIpc) is 2.67. The summed E-state index contributed by atoms with van der Waals surface area (Å²) in [7, 11) is 0. The van der Waals surface area contributed by atoms with Gasteiger partial charge < -0.3 is 4.90 Å². The van der Waals surface area contributed by atoms with Crippen LogP contribution in [-0.2, 0) is 0 Å². The van der Waals surface area contributed by atoms with Crippen LogP contribution in [0.25, 0.3) is 5.57 Å². The van der Waals surface area contributed by atoms with E-state index >= 15 is 0 Å². The highest BCUT2D eigenvalue weighted by Crippen LogP contribution is 2.27. The fourth-order valence-corrected chi connectivity index (χ4v) is 4.02. The first kappa shape index (κ1) is 20.8. The zero-order chi connectivity index (χ0) is 18.8. The van der Waals surface area contributed by atoms with Gasteiger partial charge in [0.15, 0.2) is 0 Å². The minimum Gasteiger partial charge on any atom is -0.300 e. The first-order valence-electron chi connectivity index (χ1n) is 9.85. The van der Waals surface area contributed by atoms with Crippen LogP contribution >= 0.6 is 11.8 Å². The van der Waals surface area contributed by atoms with E-state index in [9.17, 15) is 0 Å². The first-order valence-corrected chi connectivity index (χ1v) is 10.8. The lowest BCUT2D eigenvalue weighted by Crippen LogP contribution is -2.22. The number of rotatable bonds is 10. The van der Waals surface area contributed by atoms with Crippen molar-refractivity contribution in [3.63, 3.8) is 0 Å². The van der Waals surface area contributed by atoms with Crippen LogP contribution in [0.3, 0.4) is 0 Å². The van der Waals surface area contributed by atoms with Crippen molar-refractivity contribution in [1.82, 2.24) is 4.90 Å². The molecule has 0 N–H and O–H groups in total. The molecule has 2 aromatic rings. The summed E-state index contributed by atoms with van der Waals surface area (Å²) in [6.45, 7) is 12.2. The fraction of sp³-hybridized carbons (Fsp3) is 0.417. The molecule has 2 heteroatoms. The van der Waals surface area contributed by atoms with Gasteiger partial charge in [0.05, 0.1) is 0 Å². The van der Waals surface area contributed by atoms with Crippen molar-refractivity contribution in [1.29, 1.82) is 0 Å². The van der Waals surface area contributed by atoms with Gasteiger partial charge in [0.1, 0.15) is 0 Å². The van der Waals surface area contributed by atoms with Crippen molar-refractivity contribution in [2.45, 2.75) is 39.0 Å². The number of benzene rings is 2. The van der Waals surface area contributed by atoms with Gasteiger partial charge in [-0.05, 0) is 60.0 Å². The molecule has 0 unspecified atom stereocenters. The van der Waals surface area contributed by atoms with Crippen molar-refractivity contribution >= 4 is 17.3 Å². The van der Waals surface area contributed by atoms with Gasteiger partial charge in [-0.3, -0.25) is 0 Å². The third-order valence-electron chi connectivity index (χ3n) is 4.66. The highest BCUT2D eigenvalue weighted by molar-refractivity contribution is 7.99. The van der Waals surface area contributed by atoms with Gasteiger partial charge in [0.25, 0.3) is 0 Å². The maximum Gasteiger partial charge on any atom is 0.0172 e. The Labute approximate surface area is 164 Å². The van der Waals surface area contributed by atoms with E-state index in [2.05, 4.69) is 93.3 Å². The second kappa shape index (κ2) is 11.3. The van der Waals surface area contributed by atoms with E-state index in [4.69, 9.17) is 0 Å². The molecule has 0 aromatic heterocycles. The average molecular weight is 368 g/mol. The molecule has 0 bridgehead atoms. The van der Waals surface area contributed by atoms with Crippen molar-refractivity contribution in [3.8, 4) is 0 Å². The van der Waals surface area contributed by atoms with Crippen molar-refractivity contribution < 1.29 is 0 Å². The highest BCUT2D eigenvalue weighted by atomic mass is 32.2. The second-order valence-corrected chi connectivity index (χ2v) is 8.19. The molecule has 1 nitrogen and oxygen atoms in total. The monoisotopic (exact) mass is 367 g/mol. The fourth-order valence-electron chi connectivity index (χ4n) is 2.87. The summed E-state index contributed by atoms with van der Waals surface area (Å²) >= 11 is 1.96. The Kier molecular flexibility index (Phi) is 9.00. The molecule has 140 valence electrons. The molecule has 26 heavy (non-hydrogen) atoms. The molecule has 0 saturated heterocycles. The number of thioether (sulfide) groups is 1. The molecule has 0 fully saturated rings. The Morgan fingerprint density at radius 2 is 1.54 bits per heavy atom. The molecule has 0 aliphatic carbocycles. The van der Waals surface area contributed by atoms with Gasteiger partial charge in [-0.15, -0.1) is 11.8 Å². The van der Waals surface area contributed by atoms with Crippen LogP contribution in [0.4, 0.5) is 0 Å². The Bertz CT molecular complexity index is 654. The zero-order valence-corrected chi connectivity index (χ0v) is 17.6. The molecule has 0 spiro atoms. The summed E-state index contributed by atoms with van der Waals surface area (Å²) in [5.74, 6) is 1.97. The van der Waals surface area contributed by atoms with E-state index in [1.165, 1.54) is 33.8 Å². The minimum atomic E-state index is 0.773. The standard InChI is InChI=1S/C24H33NS/c1-5-25(6-2)18-16-24(21-10-8-7-9-11-21)22-12-14-23(15-13-22)26-19-17-20(3)4/h7-16,20H,5-6,17-19H2,1-4H3. The molecule has 0 aliphatic heterocycles. The summed E-state index contributed by atoms with van der Waals surface area (Å²) in [5.41, 5.74) is 3.92. The molecular weight excluding hydrogens is 334 g/mol. The van der Waals surface area contributed by atoms with Crippen LogP contribution in [0.15, 0.2) is 65.6 Å². The molecule has 0 saturated carbocycles. The Morgan fingerprint density at radius 1 is 0.923 bits per heavy atom. The maximum atomic E-state index is 2.44. The van der Waals surface area contributed by atoms with Gasteiger partial charge in [-0.1, -0.05) is 76.2 Å². The molecule has 0 heterocycles. The van der Waals surface area contributed by atoms with Gasteiger partial charge in [0, 0.05) is 11.4 Å². The summed E-state index contributed by atoms with van der Waals surface area (Å²) in [6.07, 6.45) is 3.65. The number of hydrogen-bond donors (Lipinski definition) is 0. The zero-order valence-electron chi connectivity index (χ0n) is 16.7. The molecule has 2 aromatic carbocycles. The summed E-state index contributed by atoms with van der Waals surface area (Å²) in [6, 6.07) is 19.8. The quantitative estimate of drug-likeness (QED) is 0.435. The van der Waals surface area contributed by atoms with E-state index in [0.29, 0.717) is 0 Å². The normalized spacial score (nSPS) is 12.2. The Hall–Kier alpha value is -1.51. The largest absolute Gasteiger partial charge is 0.300 e. The maximum absolute atomic E-state index is 2.44. The van der Waals surface area contributed by atoms with Crippen LogP contribution in [0.1, 0.15) is 45.2 Å². The van der Waals surface area contributed by atoms with Crippen molar-refractivity contribution in [2.24, 2.45) is 5.92 Å². The molecule has 0 aliphatic rings. The Balaban J connectivity index is 2.18. The highest BCUT2D eigenvalue weighted by Gasteiger charge is 2.07. The lowest BCUT2D eigenvalue weighted by molar-refractivity contribution is 0.337. The third-order valence-corrected chi connectivity index (χ3v) is 5.71. The lowest BCUT2D eigenvalue weighted by Gasteiger charge is -2.17. The number of nitrogens with zero attached hydrogens (tertiary/aromatic N) is 1. The molecule has 2 rings (SSSR count). The van der Waals surface area contributed by atoms with E-state index in [-0.39, 0.29) is 0 Å². The number of likely N-dealkylation sites (N-methyl/N-ethyl adjacent to an activating group) is 1. The van der Waals surface area contributed by atoms with Gasteiger partial charge in [-0.2, -0.15) is 0 Å². The molecule has 0 atom stereocenters. The van der Waals surface area contributed by atoms with Crippen LogP contribution in [0.2, 0.25) is 0 Å². The summed E-state index contributed by atoms with van der Waals surface area (Å²) in [4.78, 5) is 3.81. The summed E-state index contributed by atoms with van der Waals surface area (Å²) in [5, 5.41) is 0. The smallest absolute Gasteiger partial charge is 0.0172 e. The van der Waals surface area contributed by atoms with Crippen molar-refractivity contribution in [3.05, 3.63) is 71.8 Å². The third kappa shape index (κ3) is 6.66. The predicted molar refractivity (Wildman–Crippen MR) is 118 cm³/mol. The van der Waals surface area contributed by atoms with E-state index in [1.54, 1.807) is 0 Å². The van der Waals surface area contributed by atoms with Crippen LogP contribution in [0.5, 0.6) is 0 Å². The lowest BCUT2D eigenvalue weighted by atomic mass is 9.97. The summed E-state index contributed by atoms with van der Waals surface area (Å²) < 4.78 is 0. The molecule has 0 amide bonds. The van der Waals surface area contributed by atoms with Crippen molar-refractivity contribution in [2.75, 3.05) is 25.4 Å². The van der Waals surface area contributed by atoms with Gasteiger partial charge >= 0.3 is 0 Å². The number of hydrogen-bond acceptors (Lipinski definition) is 2. The second-order valence-electron chi connectivity index (χ2n) is 7.03. The van der Waals surface area contributed by atoms with Gasteiger partial charge in [0.2, 0.25) is 0 Å². The predicted octanol–water partition coefficient (Wildman–Crippen LogP) is 6.60. The molecule has 0 radical (unpaired) electrons. The first-order chi connectivity index (χ1) is 12.6. The van der Waals surface area contributed by atoms with Gasteiger partial charge in [-0.25, -0.2) is 0 Å². The minimum absolute atomic E-state index is 0.773. The van der Waals surface area contributed by atoms with Crippen LogP contribution in [0, 0.1) is 5.92 Å². The Morgan fingerprint density at radius 3 is 2.12 bits per heavy atom. The topological polar surface area (TPSA) is 3.24 Å².